The SMILES string of the molecule is COc1ccc(F)c(-n2ncc(COc3cccc([C@@H](CC(=O)O)C4CC4)c3)c2C2=CCCC2(C)C)c1.S. The number of carboxylic acids is 1. The van der Waals surface area contributed by atoms with Gasteiger partial charge in [-0.3, -0.25) is 4.79 Å². The largest absolute Gasteiger partial charge is 0.497 e. The molecule has 0 radical (unpaired) electrons. The Morgan fingerprint density at radius 2 is 2.00 bits per heavy atom. The number of halogens is 1. The van der Waals surface area contributed by atoms with Crippen molar-refractivity contribution in [3.05, 3.63) is 77.4 Å². The van der Waals surface area contributed by atoms with Gasteiger partial charge in [0, 0.05) is 11.6 Å². The van der Waals surface area contributed by atoms with Crippen LogP contribution in [0.2, 0.25) is 0 Å². The van der Waals surface area contributed by atoms with Crippen molar-refractivity contribution in [2.45, 2.75) is 58.5 Å². The number of aliphatic carboxylic acids is 1. The molecule has 3 aromatic rings. The van der Waals surface area contributed by atoms with E-state index in [0.717, 1.165) is 48.1 Å². The van der Waals surface area contributed by atoms with Gasteiger partial charge in [0.15, 0.2) is 0 Å². The maximum absolute atomic E-state index is 15.0. The highest BCUT2D eigenvalue weighted by Crippen LogP contribution is 2.47. The molecule has 0 bridgehead atoms. The molecule has 38 heavy (non-hydrogen) atoms. The van der Waals surface area contributed by atoms with E-state index in [2.05, 4.69) is 25.0 Å². The Morgan fingerprint density at radius 3 is 2.66 bits per heavy atom. The minimum atomic E-state index is -0.780. The summed E-state index contributed by atoms with van der Waals surface area (Å²) in [5.74, 6) is 0.493. The topological polar surface area (TPSA) is 73.6 Å². The molecular weight excluding hydrogens is 503 g/mol. The van der Waals surface area contributed by atoms with Crippen LogP contribution in [-0.2, 0) is 11.4 Å². The Labute approximate surface area is 229 Å². The summed E-state index contributed by atoms with van der Waals surface area (Å²) in [6, 6.07) is 12.4. The van der Waals surface area contributed by atoms with Crippen molar-refractivity contribution in [2.75, 3.05) is 7.11 Å². The van der Waals surface area contributed by atoms with Crippen molar-refractivity contribution >= 4 is 25.0 Å². The summed E-state index contributed by atoms with van der Waals surface area (Å²) < 4.78 is 28.2. The molecule has 1 atom stereocenters. The predicted molar refractivity (Wildman–Crippen MR) is 150 cm³/mol. The first-order chi connectivity index (χ1) is 17.8. The average Bonchev–Trinajstić information content (AvgIpc) is 3.54. The molecule has 5 rings (SSSR count). The molecule has 1 saturated carbocycles. The lowest BCUT2D eigenvalue weighted by Crippen LogP contribution is -2.15. The number of hydrogen-bond donors (Lipinski definition) is 1. The van der Waals surface area contributed by atoms with Crippen LogP contribution >= 0.6 is 13.5 Å². The normalized spacial score (nSPS) is 16.9. The fourth-order valence-corrected chi connectivity index (χ4v) is 5.38. The summed E-state index contributed by atoms with van der Waals surface area (Å²) in [5, 5.41) is 14.0. The van der Waals surface area contributed by atoms with E-state index in [9.17, 15) is 14.3 Å². The van der Waals surface area contributed by atoms with Crippen molar-refractivity contribution in [3.63, 3.8) is 0 Å². The Morgan fingerprint density at radius 1 is 1.21 bits per heavy atom. The van der Waals surface area contributed by atoms with Crippen LogP contribution in [0, 0.1) is 17.2 Å². The third-order valence-electron chi connectivity index (χ3n) is 7.59. The molecule has 0 aliphatic heterocycles. The highest BCUT2D eigenvalue weighted by molar-refractivity contribution is 7.59. The van der Waals surface area contributed by atoms with E-state index >= 15 is 0 Å². The van der Waals surface area contributed by atoms with E-state index in [1.807, 2.05) is 24.3 Å². The molecule has 1 N–H and O–H groups in total. The van der Waals surface area contributed by atoms with E-state index in [1.165, 1.54) is 6.07 Å². The van der Waals surface area contributed by atoms with E-state index in [0.29, 0.717) is 23.1 Å². The van der Waals surface area contributed by atoms with Gasteiger partial charge >= 0.3 is 5.97 Å². The molecule has 1 fully saturated rings. The van der Waals surface area contributed by atoms with Crippen molar-refractivity contribution < 1.29 is 23.8 Å². The smallest absolute Gasteiger partial charge is 0.303 e. The van der Waals surface area contributed by atoms with Gasteiger partial charge in [-0.15, -0.1) is 0 Å². The molecule has 0 amide bonds. The summed E-state index contributed by atoms with van der Waals surface area (Å²) in [5.41, 5.74) is 4.06. The average molecular weight is 539 g/mol. The molecule has 202 valence electrons. The number of carboxylic acid groups (broad SMARTS) is 1. The first kappa shape index (κ1) is 27.8. The highest BCUT2D eigenvalue weighted by Gasteiger charge is 2.35. The maximum Gasteiger partial charge on any atom is 0.303 e. The van der Waals surface area contributed by atoms with Crippen LogP contribution in [0.5, 0.6) is 11.5 Å². The third kappa shape index (κ3) is 5.75. The third-order valence-corrected chi connectivity index (χ3v) is 7.59. The van der Waals surface area contributed by atoms with Crippen LogP contribution in [0.25, 0.3) is 11.3 Å². The molecule has 0 saturated heterocycles. The molecule has 0 spiro atoms. The zero-order valence-corrected chi connectivity index (χ0v) is 23.0. The van der Waals surface area contributed by atoms with E-state index in [4.69, 9.17) is 9.47 Å². The monoisotopic (exact) mass is 538 g/mol. The summed E-state index contributed by atoms with van der Waals surface area (Å²) >= 11 is 0. The minimum absolute atomic E-state index is 0. The van der Waals surface area contributed by atoms with Gasteiger partial charge < -0.3 is 14.6 Å². The maximum atomic E-state index is 15.0. The quantitative estimate of drug-likeness (QED) is 0.304. The first-order valence-corrected chi connectivity index (χ1v) is 12.8. The second-order valence-electron chi connectivity index (χ2n) is 10.7. The summed E-state index contributed by atoms with van der Waals surface area (Å²) in [6.07, 6.45) is 8.16. The number of ether oxygens (including phenoxy) is 2. The molecule has 2 aliphatic rings. The van der Waals surface area contributed by atoms with Gasteiger partial charge in [-0.2, -0.15) is 18.6 Å². The first-order valence-electron chi connectivity index (χ1n) is 12.8. The Kier molecular flexibility index (Phi) is 8.21. The zero-order chi connectivity index (χ0) is 26.2. The fourth-order valence-electron chi connectivity index (χ4n) is 5.38. The van der Waals surface area contributed by atoms with Crippen LogP contribution in [0.4, 0.5) is 4.39 Å². The van der Waals surface area contributed by atoms with Crippen molar-refractivity contribution in [3.8, 4) is 17.2 Å². The number of methoxy groups -OCH3 is 1. The number of benzene rings is 2. The summed E-state index contributed by atoms with van der Waals surface area (Å²) in [4.78, 5) is 11.4. The number of carbonyl (C=O) groups is 1. The lowest BCUT2D eigenvalue weighted by Gasteiger charge is -2.24. The molecule has 2 aliphatic carbocycles. The van der Waals surface area contributed by atoms with E-state index < -0.39 is 5.97 Å². The van der Waals surface area contributed by atoms with Gasteiger partial charge in [0.1, 0.15) is 29.6 Å². The fraction of sp³-hybridized carbons (Fsp3) is 0.400. The highest BCUT2D eigenvalue weighted by atomic mass is 32.1. The van der Waals surface area contributed by atoms with Crippen LogP contribution in [-0.4, -0.2) is 28.0 Å². The minimum Gasteiger partial charge on any atom is -0.497 e. The van der Waals surface area contributed by atoms with Gasteiger partial charge in [0.2, 0.25) is 0 Å². The van der Waals surface area contributed by atoms with Crippen molar-refractivity contribution in [2.24, 2.45) is 11.3 Å². The molecule has 1 heterocycles. The standard InChI is InChI=1S/C30H33FN2O4.H2S/c1-30(2)13-5-8-25(30)29-21(17-32-33(29)27-15-22(36-3)11-12-26(27)31)18-37-23-7-4-6-20(14-23)24(16-28(34)35)19-9-10-19;/h4,6-8,11-12,14-15,17,19,24H,5,9-10,13,16,18H2,1-3H3,(H,34,35);1H2/t24-;/m0./s1. The number of aromatic nitrogens is 2. The van der Waals surface area contributed by atoms with Crippen LogP contribution in [0.15, 0.2) is 54.7 Å². The number of hydrogen-bond acceptors (Lipinski definition) is 4. The van der Waals surface area contributed by atoms with Crippen LogP contribution in [0.3, 0.4) is 0 Å². The predicted octanol–water partition coefficient (Wildman–Crippen LogP) is 6.88. The molecule has 2 aromatic carbocycles. The van der Waals surface area contributed by atoms with Crippen molar-refractivity contribution in [1.29, 1.82) is 0 Å². The lowest BCUT2D eigenvalue weighted by atomic mass is 9.83. The second-order valence-corrected chi connectivity index (χ2v) is 10.7. The lowest BCUT2D eigenvalue weighted by molar-refractivity contribution is -0.137. The van der Waals surface area contributed by atoms with Crippen LogP contribution in [0.1, 0.15) is 68.7 Å². The van der Waals surface area contributed by atoms with Gasteiger partial charge in [-0.1, -0.05) is 32.1 Å². The van der Waals surface area contributed by atoms with Gasteiger partial charge in [0.25, 0.3) is 0 Å². The number of allylic oxidation sites excluding steroid dienone is 2. The molecule has 1 aromatic heterocycles. The Balaban J connectivity index is 0.00000336. The van der Waals surface area contributed by atoms with Crippen LogP contribution < -0.4 is 9.47 Å². The number of nitrogens with zero attached hydrogens (tertiary/aromatic N) is 2. The molecule has 6 nitrogen and oxygen atoms in total. The Bertz CT molecular complexity index is 1350. The zero-order valence-electron chi connectivity index (χ0n) is 22.0. The number of rotatable bonds is 10. The van der Waals surface area contributed by atoms with Gasteiger partial charge in [0.05, 0.1) is 25.4 Å². The Hall–Kier alpha value is -3.26. The summed E-state index contributed by atoms with van der Waals surface area (Å²) in [7, 11) is 1.56. The van der Waals surface area contributed by atoms with E-state index in [1.54, 1.807) is 30.1 Å². The molecular formula is C30H35FN2O4S. The van der Waals surface area contributed by atoms with Gasteiger partial charge in [-0.25, -0.2) is 9.07 Å². The molecule has 8 heteroatoms. The van der Waals surface area contributed by atoms with Gasteiger partial charge in [-0.05, 0) is 78.3 Å². The van der Waals surface area contributed by atoms with E-state index in [-0.39, 0.29) is 43.7 Å². The second kappa shape index (κ2) is 11.2. The summed E-state index contributed by atoms with van der Waals surface area (Å²) in [6.45, 7) is 4.64. The molecule has 0 unspecified atom stereocenters. The van der Waals surface area contributed by atoms with Crippen molar-refractivity contribution in [1.82, 2.24) is 9.78 Å².